The Balaban J connectivity index is 0.00000176. The standard InChI is InChI=1S/C18H26N2O.ClH/c1-13-14(2)20(11-10-19-13)18(21)12-16-8-5-7-15-6-3-4-9-17(15)16;/h3-4,6,9,13-14,16,19H,5,7-8,10-12H2,1-2H3;1H. The molecule has 3 atom stereocenters. The fraction of sp³-hybridized carbons (Fsp3) is 0.611. The third-order valence-electron chi connectivity index (χ3n) is 5.27. The van der Waals surface area contributed by atoms with Gasteiger partial charge in [0.05, 0.1) is 0 Å². The largest absolute Gasteiger partial charge is 0.337 e. The van der Waals surface area contributed by atoms with Crippen LogP contribution in [0.15, 0.2) is 24.3 Å². The van der Waals surface area contributed by atoms with E-state index in [1.165, 1.54) is 24.0 Å². The van der Waals surface area contributed by atoms with Crippen molar-refractivity contribution in [2.75, 3.05) is 13.1 Å². The highest BCUT2D eigenvalue weighted by Crippen LogP contribution is 2.34. The Labute approximate surface area is 139 Å². The molecule has 2 aliphatic rings. The minimum absolute atomic E-state index is 0. The summed E-state index contributed by atoms with van der Waals surface area (Å²) in [5.74, 6) is 0.748. The Kier molecular flexibility index (Phi) is 5.87. The molecule has 1 aromatic carbocycles. The number of halogens is 1. The second kappa shape index (κ2) is 7.47. The van der Waals surface area contributed by atoms with E-state index in [4.69, 9.17) is 0 Å². The first-order valence-electron chi connectivity index (χ1n) is 8.27. The molecule has 1 aliphatic heterocycles. The van der Waals surface area contributed by atoms with E-state index in [1.54, 1.807) is 0 Å². The molecular formula is C18H27ClN2O. The van der Waals surface area contributed by atoms with Crippen LogP contribution in [0.5, 0.6) is 0 Å². The van der Waals surface area contributed by atoms with Gasteiger partial charge >= 0.3 is 0 Å². The van der Waals surface area contributed by atoms with Gasteiger partial charge in [0.1, 0.15) is 0 Å². The second-order valence-corrected chi connectivity index (χ2v) is 6.56. The number of aryl methyl sites for hydroxylation is 1. The van der Waals surface area contributed by atoms with E-state index in [0.717, 1.165) is 19.5 Å². The zero-order valence-corrected chi connectivity index (χ0v) is 14.4. The molecule has 0 saturated carbocycles. The number of amides is 1. The van der Waals surface area contributed by atoms with Crippen molar-refractivity contribution in [1.29, 1.82) is 0 Å². The number of carbonyl (C=O) groups is 1. The molecule has 0 bridgehead atoms. The van der Waals surface area contributed by atoms with E-state index in [1.807, 2.05) is 0 Å². The van der Waals surface area contributed by atoms with E-state index in [0.29, 0.717) is 30.3 Å². The highest BCUT2D eigenvalue weighted by atomic mass is 35.5. The summed E-state index contributed by atoms with van der Waals surface area (Å²) in [5.41, 5.74) is 2.86. The van der Waals surface area contributed by atoms with Crippen LogP contribution in [0, 0.1) is 0 Å². The first-order chi connectivity index (χ1) is 10.2. The maximum Gasteiger partial charge on any atom is 0.223 e. The normalized spacial score (nSPS) is 27.7. The van der Waals surface area contributed by atoms with Crippen LogP contribution >= 0.6 is 12.4 Å². The molecule has 0 aromatic heterocycles. The summed E-state index contributed by atoms with van der Waals surface area (Å²) >= 11 is 0. The van der Waals surface area contributed by atoms with E-state index in [-0.39, 0.29) is 12.4 Å². The lowest BCUT2D eigenvalue weighted by Gasteiger charge is -2.39. The first-order valence-corrected chi connectivity index (χ1v) is 8.27. The summed E-state index contributed by atoms with van der Waals surface area (Å²) in [7, 11) is 0. The van der Waals surface area contributed by atoms with Crippen molar-refractivity contribution in [3.63, 3.8) is 0 Å². The third-order valence-corrected chi connectivity index (χ3v) is 5.27. The zero-order chi connectivity index (χ0) is 14.8. The smallest absolute Gasteiger partial charge is 0.223 e. The Morgan fingerprint density at radius 2 is 2.09 bits per heavy atom. The van der Waals surface area contributed by atoms with Crippen molar-refractivity contribution in [2.45, 2.75) is 57.5 Å². The van der Waals surface area contributed by atoms with Gasteiger partial charge in [0.15, 0.2) is 0 Å². The molecule has 122 valence electrons. The number of piperazine rings is 1. The number of rotatable bonds is 2. The number of hydrogen-bond donors (Lipinski definition) is 1. The fourth-order valence-corrected chi connectivity index (χ4v) is 3.80. The van der Waals surface area contributed by atoms with Gasteiger partial charge in [-0.05, 0) is 50.2 Å². The molecule has 1 aromatic rings. The quantitative estimate of drug-likeness (QED) is 0.907. The van der Waals surface area contributed by atoms with Gasteiger partial charge in [-0.3, -0.25) is 4.79 Å². The molecular weight excluding hydrogens is 296 g/mol. The van der Waals surface area contributed by atoms with Gasteiger partial charge in [0, 0.05) is 31.6 Å². The van der Waals surface area contributed by atoms with Gasteiger partial charge in [-0.2, -0.15) is 0 Å². The van der Waals surface area contributed by atoms with E-state index >= 15 is 0 Å². The van der Waals surface area contributed by atoms with Crippen LogP contribution < -0.4 is 5.32 Å². The van der Waals surface area contributed by atoms with Gasteiger partial charge in [-0.1, -0.05) is 24.3 Å². The van der Waals surface area contributed by atoms with Crippen molar-refractivity contribution in [3.8, 4) is 0 Å². The molecule has 3 nitrogen and oxygen atoms in total. The minimum atomic E-state index is 0. The average molecular weight is 323 g/mol. The summed E-state index contributed by atoms with van der Waals surface area (Å²) in [6.45, 7) is 6.08. The summed E-state index contributed by atoms with van der Waals surface area (Å²) in [5, 5.41) is 3.44. The molecule has 1 N–H and O–H groups in total. The monoisotopic (exact) mass is 322 g/mol. The first kappa shape index (κ1) is 17.3. The van der Waals surface area contributed by atoms with Crippen molar-refractivity contribution < 1.29 is 4.79 Å². The van der Waals surface area contributed by atoms with Crippen molar-refractivity contribution >= 4 is 18.3 Å². The van der Waals surface area contributed by atoms with Crippen molar-refractivity contribution in [3.05, 3.63) is 35.4 Å². The van der Waals surface area contributed by atoms with Crippen LogP contribution in [0.25, 0.3) is 0 Å². The maximum atomic E-state index is 12.7. The zero-order valence-electron chi connectivity index (χ0n) is 13.5. The molecule has 1 aliphatic carbocycles. The number of nitrogens with zero attached hydrogens (tertiary/aromatic N) is 1. The molecule has 1 heterocycles. The van der Waals surface area contributed by atoms with Gasteiger partial charge in [-0.25, -0.2) is 0 Å². The molecule has 0 spiro atoms. The highest BCUT2D eigenvalue weighted by molar-refractivity contribution is 5.85. The minimum Gasteiger partial charge on any atom is -0.337 e. The maximum absolute atomic E-state index is 12.7. The summed E-state index contributed by atoms with van der Waals surface area (Å²) in [6.07, 6.45) is 4.21. The highest BCUT2D eigenvalue weighted by Gasteiger charge is 2.30. The van der Waals surface area contributed by atoms with E-state index in [2.05, 4.69) is 48.3 Å². The number of fused-ring (bicyclic) bond motifs is 1. The topological polar surface area (TPSA) is 32.3 Å². The Hall–Kier alpha value is -1.06. The van der Waals surface area contributed by atoms with Crippen LogP contribution in [-0.2, 0) is 11.2 Å². The lowest BCUT2D eigenvalue weighted by atomic mass is 9.81. The number of nitrogens with one attached hydrogen (secondary N) is 1. The molecule has 1 fully saturated rings. The molecule has 1 saturated heterocycles. The molecule has 3 rings (SSSR count). The Bertz CT molecular complexity index is 520. The van der Waals surface area contributed by atoms with Crippen LogP contribution in [0.2, 0.25) is 0 Å². The molecule has 1 amide bonds. The van der Waals surface area contributed by atoms with Crippen LogP contribution in [0.3, 0.4) is 0 Å². The third kappa shape index (κ3) is 3.47. The Morgan fingerprint density at radius 3 is 2.91 bits per heavy atom. The molecule has 0 radical (unpaired) electrons. The summed E-state index contributed by atoms with van der Waals surface area (Å²) in [4.78, 5) is 14.8. The molecule has 4 heteroatoms. The summed E-state index contributed by atoms with van der Waals surface area (Å²) in [6, 6.07) is 9.35. The second-order valence-electron chi connectivity index (χ2n) is 6.56. The number of benzene rings is 1. The number of hydrogen-bond acceptors (Lipinski definition) is 2. The van der Waals surface area contributed by atoms with Crippen LogP contribution in [0.4, 0.5) is 0 Å². The van der Waals surface area contributed by atoms with Gasteiger partial charge in [0.2, 0.25) is 5.91 Å². The average Bonchev–Trinajstić information content (AvgIpc) is 2.50. The Morgan fingerprint density at radius 1 is 1.32 bits per heavy atom. The van der Waals surface area contributed by atoms with Crippen molar-refractivity contribution in [1.82, 2.24) is 10.2 Å². The van der Waals surface area contributed by atoms with Gasteiger partial charge in [-0.15, -0.1) is 12.4 Å². The lowest BCUT2D eigenvalue weighted by molar-refractivity contribution is -0.135. The van der Waals surface area contributed by atoms with Crippen molar-refractivity contribution in [2.24, 2.45) is 0 Å². The molecule has 3 unspecified atom stereocenters. The lowest BCUT2D eigenvalue weighted by Crippen LogP contribution is -2.57. The SMILES string of the molecule is CC1NCCN(C(=O)CC2CCCc3ccccc32)C1C.Cl. The predicted molar refractivity (Wildman–Crippen MR) is 92.6 cm³/mol. The van der Waals surface area contributed by atoms with E-state index in [9.17, 15) is 4.79 Å². The van der Waals surface area contributed by atoms with Gasteiger partial charge in [0.25, 0.3) is 0 Å². The van der Waals surface area contributed by atoms with Gasteiger partial charge < -0.3 is 10.2 Å². The van der Waals surface area contributed by atoms with E-state index < -0.39 is 0 Å². The van der Waals surface area contributed by atoms with Crippen LogP contribution in [0.1, 0.15) is 50.2 Å². The fourth-order valence-electron chi connectivity index (χ4n) is 3.80. The predicted octanol–water partition coefficient (Wildman–Crippen LogP) is 3.13. The summed E-state index contributed by atoms with van der Waals surface area (Å²) < 4.78 is 0. The molecule has 22 heavy (non-hydrogen) atoms. The number of carbonyl (C=O) groups excluding carboxylic acids is 1. The van der Waals surface area contributed by atoms with Crippen LogP contribution in [-0.4, -0.2) is 36.0 Å².